The number of hydrogen-bond donors (Lipinski definition) is 0. The van der Waals surface area contributed by atoms with Gasteiger partial charge in [-0.05, 0) is 112 Å². The molecule has 0 unspecified atom stereocenters. The van der Waals surface area contributed by atoms with Crippen molar-refractivity contribution in [2.45, 2.75) is 5.41 Å². The molecule has 3 heterocycles. The van der Waals surface area contributed by atoms with Gasteiger partial charge in [0.15, 0.2) is 8.07 Å². The van der Waals surface area contributed by atoms with E-state index in [2.05, 4.69) is 248 Å². The lowest BCUT2D eigenvalue weighted by atomic mass is 9.29. The smallest absolute Gasteiger partial charge is 0.247 e. The van der Waals surface area contributed by atoms with Crippen LogP contribution in [-0.2, 0) is 5.41 Å². The molecule has 10 aromatic carbocycles. The maximum absolute atomic E-state index is 2.87. The molecule has 0 saturated carbocycles. The monoisotopic (exact) mass is 825 g/mol. The Labute approximate surface area is 375 Å². The zero-order valence-electron chi connectivity index (χ0n) is 35.1. The Hall–Kier alpha value is -7.72. The SMILES string of the molecule is c1ccc(-c2cccc(-c3cc4c5c(c3)C3(c6ccccc6B5c5cccc6c5N4c4ccccc4[Si]6(c4ccccc4)c4ccccc4)c4ccccc4-c4ccccc43)c2)cc1. The van der Waals surface area contributed by atoms with Gasteiger partial charge >= 0.3 is 0 Å². The fourth-order valence-electron chi connectivity index (χ4n) is 12.7. The molecule has 64 heavy (non-hydrogen) atoms. The molecule has 1 aliphatic carbocycles. The highest BCUT2D eigenvalue weighted by atomic mass is 28.3. The minimum Gasteiger partial charge on any atom is -0.312 e. The van der Waals surface area contributed by atoms with Crippen LogP contribution in [0, 0.1) is 0 Å². The summed E-state index contributed by atoms with van der Waals surface area (Å²) in [6.45, 7) is 0.0196. The molecular weight excluding hydrogens is 786 g/mol. The lowest BCUT2D eigenvalue weighted by Gasteiger charge is -2.52. The van der Waals surface area contributed by atoms with Crippen LogP contribution in [0.3, 0.4) is 0 Å². The summed E-state index contributed by atoms with van der Waals surface area (Å²) in [5.74, 6) is 0. The van der Waals surface area contributed by atoms with E-state index in [4.69, 9.17) is 0 Å². The Morgan fingerprint density at radius 2 is 0.859 bits per heavy atom. The molecule has 0 fully saturated rings. The van der Waals surface area contributed by atoms with Crippen LogP contribution in [0.15, 0.2) is 243 Å². The summed E-state index contributed by atoms with van der Waals surface area (Å²) in [5.41, 5.74) is 20.5. The molecule has 1 spiro atoms. The number of anilines is 3. The first-order valence-electron chi connectivity index (χ1n) is 22.5. The Balaban J connectivity index is 1.16. The predicted molar refractivity (Wildman–Crippen MR) is 271 cm³/mol. The Kier molecular flexibility index (Phi) is 7.50. The van der Waals surface area contributed by atoms with E-state index in [1.54, 1.807) is 0 Å². The highest BCUT2D eigenvalue weighted by Crippen LogP contribution is 2.58. The fraction of sp³-hybridized carbons (Fsp3) is 0.0164. The maximum atomic E-state index is 2.70. The molecule has 1 nitrogen and oxygen atoms in total. The Morgan fingerprint density at radius 1 is 0.344 bits per heavy atom. The van der Waals surface area contributed by atoms with Crippen LogP contribution < -0.4 is 42.0 Å². The zero-order chi connectivity index (χ0) is 42.0. The largest absolute Gasteiger partial charge is 0.312 e. The van der Waals surface area contributed by atoms with Crippen LogP contribution in [-0.4, -0.2) is 14.8 Å². The quantitative estimate of drug-likeness (QED) is 0.160. The van der Waals surface area contributed by atoms with Gasteiger partial charge in [0.05, 0.1) is 5.41 Å². The number of para-hydroxylation sites is 2. The number of nitrogens with zero attached hydrogens (tertiary/aromatic N) is 1. The topological polar surface area (TPSA) is 3.24 Å². The molecule has 3 heteroatoms. The molecule has 0 N–H and O–H groups in total. The van der Waals surface area contributed by atoms with Crippen molar-refractivity contribution < 1.29 is 0 Å². The predicted octanol–water partition coefficient (Wildman–Crippen LogP) is 9.69. The molecule has 4 aliphatic rings. The lowest BCUT2D eigenvalue weighted by Crippen LogP contribution is -2.79. The van der Waals surface area contributed by atoms with E-state index < -0.39 is 13.5 Å². The first-order valence-corrected chi connectivity index (χ1v) is 24.5. The molecule has 0 atom stereocenters. The van der Waals surface area contributed by atoms with E-state index >= 15 is 0 Å². The van der Waals surface area contributed by atoms with Crippen molar-refractivity contribution in [1.82, 2.24) is 0 Å². The third-order valence-electron chi connectivity index (χ3n) is 15.0. The first kappa shape index (κ1) is 35.8. The summed E-state index contributed by atoms with van der Waals surface area (Å²) >= 11 is 0. The summed E-state index contributed by atoms with van der Waals surface area (Å²) < 4.78 is 0. The summed E-state index contributed by atoms with van der Waals surface area (Å²) in [7, 11) is -2.87. The van der Waals surface area contributed by atoms with Gasteiger partial charge in [-0.15, -0.1) is 0 Å². The van der Waals surface area contributed by atoms with Gasteiger partial charge in [0.1, 0.15) is 0 Å². The molecule has 0 amide bonds. The molecule has 0 aromatic heterocycles. The molecule has 0 saturated heterocycles. The van der Waals surface area contributed by atoms with Gasteiger partial charge in [-0.25, -0.2) is 0 Å². The minimum atomic E-state index is -2.87. The van der Waals surface area contributed by atoms with Crippen molar-refractivity contribution in [3.05, 3.63) is 265 Å². The number of benzene rings is 10. The highest BCUT2D eigenvalue weighted by Gasteiger charge is 2.57. The van der Waals surface area contributed by atoms with Crippen LogP contribution in [0.25, 0.3) is 33.4 Å². The van der Waals surface area contributed by atoms with Gasteiger partial charge in [-0.1, -0.05) is 224 Å². The van der Waals surface area contributed by atoms with Crippen LogP contribution in [0.4, 0.5) is 17.1 Å². The standard InChI is InChI=1S/C61H40BNSi/c1-4-20-41(21-5-1)42-22-18-23-43(38-42)44-39-52-59-56(40-44)63-55-35-16-17-36-57(55)64(45-24-6-2-7-25-45,46-26-8-3-9-27-46)58-37-19-34-54(60(58)63)62(59)53-33-15-14-32-51(53)61(52)49-30-12-10-28-47(49)48-29-11-13-31-50(48)61/h1-40H. The van der Waals surface area contributed by atoms with Gasteiger partial charge < -0.3 is 4.90 Å². The molecule has 14 rings (SSSR count). The van der Waals surface area contributed by atoms with Crippen molar-refractivity contribution in [1.29, 1.82) is 0 Å². The maximum Gasteiger partial charge on any atom is 0.247 e. The second kappa shape index (κ2) is 13.4. The average Bonchev–Trinajstić information content (AvgIpc) is 3.67. The summed E-state index contributed by atoms with van der Waals surface area (Å²) in [5, 5.41) is 5.67. The highest BCUT2D eigenvalue weighted by molar-refractivity contribution is 7.22. The second-order valence-corrected chi connectivity index (χ2v) is 21.6. The van der Waals surface area contributed by atoms with Crippen molar-refractivity contribution >= 4 is 69.0 Å². The second-order valence-electron chi connectivity index (χ2n) is 17.8. The molecule has 3 aliphatic heterocycles. The number of rotatable bonds is 4. The third-order valence-corrected chi connectivity index (χ3v) is 19.8. The molecule has 0 bridgehead atoms. The van der Waals surface area contributed by atoms with E-state index in [9.17, 15) is 0 Å². The van der Waals surface area contributed by atoms with Gasteiger partial charge in [0, 0.05) is 17.1 Å². The first-order chi connectivity index (χ1) is 31.8. The van der Waals surface area contributed by atoms with E-state index in [1.165, 1.54) is 110 Å². The Bertz CT molecular complexity index is 3440. The number of hydrogen-bond acceptors (Lipinski definition) is 1. The van der Waals surface area contributed by atoms with Gasteiger partial charge in [-0.3, -0.25) is 0 Å². The average molecular weight is 826 g/mol. The van der Waals surface area contributed by atoms with Crippen LogP contribution in [0.2, 0.25) is 0 Å². The molecular formula is C61H40BNSi. The van der Waals surface area contributed by atoms with E-state index in [0.717, 1.165) is 0 Å². The summed E-state index contributed by atoms with van der Waals surface area (Å²) in [4.78, 5) is 2.70. The van der Waals surface area contributed by atoms with Crippen molar-refractivity contribution in [2.24, 2.45) is 0 Å². The van der Waals surface area contributed by atoms with Crippen molar-refractivity contribution in [3.63, 3.8) is 0 Å². The molecule has 10 aromatic rings. The van der Waals surface area contributed by atoms with Gasteiger partial charge in [0.25, 0.3) is 0 Å². The van der Waals surface area contributed by atoms with Crippen LogP contribution in [0.5, 0.6) is 0 Å². The van der Waals surface area contributed by atoms with E-state index in [1.807, 2.05) is 0 Å². The minimum absolute atomic E-state index is 0.0196. The Morgan fingerprint density at radius 3 is 1.56 bits per heavy atom. The number of fused-ring (bicyclic) bond motifs is 13. The van der Waals surface area contributed by atoms with Crippen molar-refractivity contribution in [3.8, 4) is 33.4 Å². The van der Waals surface area contributed by atoms with Crippen LogP contribution >= 0.6 is 0 Å². The summed E-state index contributed by atoms with van der Waals surface area (Å²) in [6, 6.07) is 92.6. The molecule has 0 radical (unpaired) electrons. The fourth-order valence-corrected chi connectivity index (χ4v) is 17.8. The normalized spacial score (nSPS) is 14.8. The summed E-state index contributed by atoms with van der Waals surface area (Å²) in [6.07, 6.45) is 0. The van der Waals surface area contributed by atoms with Gasteiger partial charge in [-0.2, -0.15) is 0 Å². The van der Waals surface area contributed by atoms with Gasteiger partial charge in [0.2, 0.25) is 6.71 Å². The van der Waals surface area contributed by atoms with E-state index in [0.29, 0.717) is 0 Å². The zero-order valence-corrected chi connectivity index (χ0v) is 36.1. The van der Waals surface area contributed by atoms with E-state index in [-0.39, 0.29) is 6.71 Å². The molecule has 296 valence electrons. The lowest BCUT2D eigenvalue weighted by molar-refractivity contribution is 0.775. The third kappa shape index (κ3) is 4.54. The van der Waals surface area contributed by atoms with Crippen molar-refractivity contribution in [2.75, 3.05) is 4.90 Å². The van der Waals surface area contributed by atoms with Crippen LogP contribution in [0.1, 0.15) is 22.3 Å².